The van der Waals surface area contributed by atoms with Crippen molar-refractivity contribution in [2.45, 2.75) is 17.9 Å². The summed E-state index contributed by atoms with van der Waals surface area (Å²) in [5, 5.41) is 13.6. The zero-order valence-electron chi connectivity index (χ0n) is 15.3. The molecule has 0 spiro atoms. The van der Waals surface area contributed by atoms with E-state index in [2.05, 4.69) is 5.32 Å². The molecule has 29 heavy (non-hydrogen) atoms. The third-order valence-corrected chi connectivity index (χ3v) is 5.59. The number of rotatable bonds is 5. The molecule has 0 aromatic heterocycles. The van der Waals surface area contributed by atoms with E-state index in [0.29, 0.717) is 4.90 Å². The number of anilines is 1. The van der Waals surface area contributed by atoms with E-state index in [4.69, 9.17) is 0 Å². The normalized spacial score (nSPS) is 14.5. The van der Waals surface area contributed by atoms with Crippen molar-refractivity contribution in [2.75, 3.05) is 11.6 Å². The smallest absolute Gasteiger partial charge is 0.282 e. The number of benzene rings is 2. The average molecular weight is 417 g/mol. The number of carbonyl (C=O) groups is 3. The number of amides is 3. The predicted octanol–water partition coefficient (Wildman–Crippen LogP) is 1.62. The van der Waals surface area contributed by atoms with E-state index in [1.807, 2.05) is 0 Å². The molecule has 0 radical (unpaired) electrons. The molecule has 1 aliphatic heterocycles. The molecular formula is C18H15N3O7S. The number of nitrogens with zero attached hydrogens (tertiary/aromatic N) is 2. The van der Waals surface area contributed by atoms with Gasteiger partial charge in [0.2, 0.25) is 5.91 Å². The molecule has 3 rings (SSSR count). The van der Waals surface area contributed by atoms with Crippen LogP contribution in [-0.2, 0) is 14.6 Å². The number of nitro groups is 1. The van der Waals surface area contributed by atoms with Gasteiger partial charge in [-0.2, -0.15) is 0 Å². The molecule has 3 amide bonds. The molecule has 1 aliphatic rings. The quantitative estimate of drug-likeness (QED) is 0.442. The van der Waals surface area contributed by atoms with Gasteiger partial charge in [0.25, 0.3) is 17.5 Å². The number of nitro benzene ring substituents is 1. The SMILES string of the molecule is CC(C(=O)Nc1ccccc1S(C)(=O)=O)N1C(=O)c2cccc([N+](=O)[O-])c2C1=O. The van der Waals surface area contributed by atoms with Gasteiger partial charge < -0.3 is 5.32 Å². The van der Waals surface area contributed by atoms with Crippen molar-refractivity contribution in [3.05, 3.63) is 63.7 Å². The lowest BCUT2D eigenvalue weighted by molar-refractivity contribution is -0.385. The Kier molecular flexibility index (Phi) is 4.93. The van der Waals surface area contributed by atoms with Crippen molar-refractivity contribution in [2.24, 2.45) is 0 Å². The highest BCUT2D eigenvalue weighted by molar-refractivity contribution is 7.90. The monoisotopic (exact) mass is 417 g/mol. The molecule has 2 aromatic rings. The molecule has 0 fully saturated rings. The number of carbonyl (C=O) groups excluding carboxylic acids is 3. The molecule has 150 valence electrons. The van der Waals surface area contributed by atoms with Crippen molar-refractivity contribution >= 4 is 38.9 Å². The van der Waals surface area contributed by atoms with Crippen molar-refractivity contribution in [3.8, 4) is 0 Å². The molecule has 11 heteroatoms. The van der Waals surface area contributed by atoms with Crippen LogP contribution in [0, 0.1) is 10.1 Å². The number of hydrogen-bond acceptors (Lipinski definition) is 7. The average Bonchev–Trinajstić information content (AvgIpc) is 2.91. The molecule has 0 bridgehead atoms. The molecule has 0 saturated carbocycles. The summed E-state index contributed by atoms with van der Waals surface area (Å²) in [6.45, 7) is 1.27. The zero-order chi connectivity index (χ0) is 21.5. The number of imide groups is 1. The molecule has 1 unspecified atom stereocenters. The Morgan fingerprint density at radius 3 is 2.38 bits per heavy atom. The summed E-state index contributed by atoms with van der Waals surface area (Å²) in [7, 11) is -3.64. The van der Waals surface area contributed by atoms with Gasteiger partial charge in [-0.15, -0.1) is 0 Å². The van der Waals surface area contributed by atoms with E-state index in [0.717, 1.165) is 12.3 Å². The molecule has 0 aliphatic carbocycles. The minimum absolute atomic E-state index is 0.00515. The molecule has 10 nitrogen and oxygen atoms in total. The van der Waals surface area contributed by atoms with Crippen LogP contribution in [0.5, 0.6) is 0 Å². The number of fused-ring (bicyclic) bond motifs is 1. The summed E-state index contributed by atoms with van der Waals surface area (Å²) >= 11 is 0. The second kappa shape index (κ2) is 7.09. The number of hydrogen-bond donors (Lipinski definition) is 1. The van der Waals surface area contributed by atoms with E-state index in [1.54, 1.807) is 0 Å². The van der Waals surface area contributed by atoms with Gasteiger partial charge in [0.1, 0.15) is 11.6 Å². The van der Waals surface area contributed by atoms with E-state index >= 15 is 0 Å². The highest BCUT2D eigenvalue weighted by Crippen LogP contribution is 2.32. The summed E-state index contributed by atoms with van der Waals surface area (Å²) in [6, 6.07) is 7.98. The molecule has 2 aromatic carbocycles. The summed E-state index contributed by atoms with van der Waals surface area (Å²) in [5.74, 6) is -2.62. The fourth-order valence-electron chi connectivity index (χ4n) is 3.04. The van der Waals surface area contributed by atoms with Crippen LogP contribution >= 0.6 is 0 Å². The second-order valence-electron chi connectivity index (χ2n) is 6.37. The fourth-order valence-corrected chi connectivity index (χ4v) is 3.88. The van der Waals surface area contributed by atoms with Gasteiger partial charge in [-0.05, 0) is 25.1 Å². The molecule has 1 atom stereocenters. The van der Waals surface area contributed by atoms with Gasteiger partial charge in [0.15, 0.2) is 9.84 Å². The van der Waals surface area contributed by atoms with Crippen LogP contribution in [0.15, 0.2) is 47.4 Å². The Balaban J connectivity index is 1.92. The lowest BCUT2D eigenvalue weighted by Gasteiger charge is -2.22. The second-order valence-corrected chi connectivity index (χ2v) is 8.35. The van der Waals surface area contributed by atoms with Crippen LogP contribution < -0.4 is 5.32 Å². The van der Waals surface area contributed by atoms with E-state index in [1.165, 1.54) is 43.3 Å². The van der Waals surface area contributed by atoms with Crippen LogP contribution in [0.4, 0.5) is 11.4 Å². The first-order valence-corrected chi connectivity index (χ1v) is 10.2. The zero-order valence-corrected chi connectivity index (χ0v) is 16.1. The Labute approximate surface area is 165 Å². The van der Waals surface area contributed by atoms with Crippen molar-refractivity contribution in [3.63, 3.8) is 0 Å². The molecule has 1 N–H and O–H groups in total. The molecular weight excluding hydrogens is 402 g/mol. The Bertz CT molecular complexity index is 1170. The minimum Gasteiger partial charge on any atom is -0.323 e. The van der Waals surface area contributed by atoms with Gasteiger partial charge in [-0.1, -0.05) is 18.2 Å². The van der Waals surface area contributed by atoms with Crippen LogP contribution in [-0.4, -0.2) is 48.3 Å². The topological polar surface area (TPSA) is 144 Å². The lowest BCUT2D eigenvalue weighted by Crippen LogP contribution is -2.45. The summed E-state index contributed by atoms with van der Waals surface area (Å²) in [5.41, 5.74) is -1.08. The van der Waals surface area contributed by atoms with E-state index in [-0.39, 0.29) is 21.7 Å². The van der Waals surface area contributed by atoms with Crippen molar-refractivity contribution in [1.29, 1.82) is 0 Å². The summed E-state index contributed by atoms with van der Waals surface area (Å²) in [4.78, 5) is 48.8. The third kappa shape index (κ3) is 3.47. The largest absolute Gasteiger partial charge is 0.323 e. The fraction of sp³-hybridized carbons (Fsp3) is 0.167. The first-order valence-electron chi connectivity index (χ1n) is 8.29. The number of nitrogens with one attached hydrogen (secondary N) is 1. The van der Waals surface area contributed by atoms with Gasteiger partial charge >= 0.3 is 0 Å². The Morgan fingerprint density at radius 2 is 1.76 bits per heavy atom. The maximum absolute atomic E-state index is 12.7. The summed E-state index contributed by atoms with van der Waals surface area (Å²) < 4.78 is 23.8. The van der Waals surface area contributed by atoms with Gasteiger partial charge in [-0.3, -0.25) is 29.4 Å². The van der Waals surface area contributed by atoms with E-state index in [9.17, 15) is 32.9 Å². The van der Waals surface area contributed by atoms with Crippen LogP contribution in [0.1, 0.15) is 27.6 Å². The lowest BCUT2D eigenvalue weighted by atomic mass is 10.1. The van der Waals surface area contributed by atoms with Gasteiger partial charge in [-0.25, -0.2) is 8.42 Å². The van der Waals surface area contributed by atoms with Gasteiger partial charge in [0, 0.05) is 12.3 Å². The highest BCUT2D eigenvalue weighted by Gasteiger charge is 2.44. The summed E-state index contributed by atoms with van der Waals surface area (Å²) in [6.07, 6.45) is 0.977. The third-order valence-electron chi connectivity index (χ3n) is 4.43. The number of para-hydroxylation sites is 1. The standard InChI is InChI=1S/C18H15N3O7S/c1-10(16(22)19-12-7-3-4-9-14(12)29(2,27)28)20-17(23)11-6-5-8-13(21(25)26)15(11)18(20)24/h3-10H,1-2H3,(H,19,22). The van der Waals surface area contributed by atoms with Crippen LogP contribution in [0.3, 0.4) is 0 Å². The maximum atomic E-state index is 12.7. The van der Waals surface area contributed by atoms with Gasteiger partial charge in [0.05, 0.1) is 21.1 Å². The molecule has 0 saturated heterocycles. The molecule has 1 heterocycles. The predicted molar refractivity (Wildman–Crippen MR) is 101 cm³/mol. The maximum Gasteiger partial charge on any atom is 0.282 e. The Morgan fingerprint density at radius 1 is 1.10 bits per heavy atom. The highest BCUT2D eigenvalue weighted by atomic mass is 32.2. The first-order chi connectivity index (χ1) is 13.5. The van der Waals surface area contributed by atoms with Crippen LogP contribution in [0.25, 0.3) is 0 Å². The number of sulfone groups is 1. The minimum atomic E-state index is -3.64. The van der Waals surface area contributed by atoms with Crippen molar-refractivity contribution < 1.29 is 27.7 Å². The van der Waals surface area contributed by atoms with Crippen molar-refractivity contribution in [1.82, 2.24) is 4.90 Å². The Hall–Kier alpha value is -3.60. The van der Waals surface area contributed by atoms with Crippen LogP contribution in [0.2, 0.25) is 0 Å². The first kappa shape index (κ1) is 20.1. The van der Waals surface area contributed by atoms with E-state index < -0.39 is 44.2 Å².